The van der Waals surface area contributed by atoms with E-state index in [2.05, 4.69) is 0 Å². The maximum absolute atomic E-state index is 12.0. The predicted octanol–water partition coefficient (Wildman–Crippen LogP) is 1.54. The molecule has 1 aromatic rings. The first kappa shape index (κ1) is 12.5. The van der Waals surface area contributed by atoms with E-state index < -0.39 is 6.04 Å². The Balaban J connectivity index is 3.37. The van der Waals surface area contributed by atoms with Crippen molar-refractivity contribution < 1.29 is 14.3 Å². The lowest BCUT2D eigenvalue weighted by Crippen LogP contribution is -2.27. The van der Waals surface area contributed by atoms with Crippen molar-refractivity contribution in [2.45, 2.75) is 19.9 Å². The van der Waals surface area contributed by atoms with Gasteiger partial charge in [0.25, 0.3) is 0 Å². The highest BCUT2D eigenvalue weighted by molar-refractivity contribution is 6.03. The Hall–Kier alpha value is -1.55. The number of benzene rings is 1. The van der Waals surface area contributed by atoms with Crippen LogP contribution in [0.15, 0.2) is 12.1 Å². The second-order valence-corrected chi connectivity index (χ2v) is 3.62. The number of hydrogen-bond acceptors (Lipinski definition) is 4. The summed E-state index contributed by atoms with van der Waals surface area (Å²) in [6, 6.07) is 2.92. The quantitative estimate of drug-likeness (QED) is 0.786. The van der Waals surface area contributed by atoms with E-state index in [4.69, 9.17) is 15.2 Å². The number of carbonyl (C=O) groups excluding carboxylic acids is 1. The summed E-state index contributed by atoms with van der Waals surface area (Å²) in [5.41, 5.74) is 6.86. The summed E-state index contributed by atoms with van der Waals surface area (Å²) in [5.74, 6) is 1.04. The monoisotopic (exact) mass is 223 g/mol. The van der Waals surface area contributed by atoms with Crippen LogP contribution in [0.5, 0.6) is 11.5 Å². The van der Waals surface area contributed by atoms with E-state index in [1.807, 2.05) is 6.92 Å². The third kappa shape index (κ3) is 2.17. The molecule has 0 saturated carbocycles. The SMILES string of the molecule is COc1ccc(OC)c(C(=O)C(C)N)c1C. The van der Waals surface area contributed by atoms with E-state index in [9.17, 15) is 4.79 Å². The molecule has 0 bridgehead atoms. The van der Waals surface area contributed by atoms with Crippen LogP contribution in [-0.2, 0) is 0 Å². The molecule has 0 spiro atoms. The highest BCUT2D eigenvalue weighted by Gasteiger charge is 2.20. The van der Waals surface area contributed by atoms with Gasteiger partial charge >= 0.3 is 0 Å². The summed E-state index contributed by atoms with van der Waals surface area (Å²) in [5, 5.41) is 0. The molecule has 0 saturated heterocycles. The summed E-state index contributed by atoms with van der Waals surface area (Å²) < 4.78 is 10.3. The molecule has 0 heterocycles. The molecule has 0 aliphatic heterocycles. The molecule has 0 aliphatic rings. The van der Waals surface area contributed by atoms with Gasteiger partial charge < -0.3 is 15.2 Å². The minimum atomic E-state index is -0.556. The van der Waals surface area contributed by atoms with Crippen molar-refractivity contribution in [2.24, 2.45) is 5.73 Å². The van der Waals surface area contributed by atoms with E-state index in [1.54, 1.807) is 26.2 Å². The van der Waals surface area contributed by atoms with Gasteiger partial charge in [0.05, 0.1) is 25.8 Å². The van der Waals surface area contributed by atoms with Gasteiger partial charge in [0.1, 0.15) is 11.5 Å². The van der Waals surface area contributed by atoms with Crippen LogP contribution in [0.2, 0.25) is 0 Å². The lowest BCUT2D eigenvalue weighted by molar-refractivity contribution is 0.0964. The first-order valence-electron chi connectivity index (χ1n) is 5.04. The molecular weight excluding hydrogens is 206 g/mol. The number of carbonyl (C=O) groups is 1. The number of hydrogen-bond donors (Lipinski definition) is 1. The van der Waals surface area contributed by atoms with Gasteiger partial charge in [0, 0.05) is 5.56 Å². The average molecular weight is 223 g/mol. The third-order valence-electron chi connectivity index (χ3n) is 2.48. The molecule has 1 atom stereocenters. The fraction of sp³-hybridized carbons (Fsp3) is 0.417. The van der Waals surface area contributed by atoms with Crippen molar-refractivity contribution in [3.8, 4) is 11.5 Å². The zero-order valence-corrected chi connectivity index (χ0v) is 10.0. The van der Waals surface area contributed by atoms with Gasteiger partial charge in [0.2, 0.25) is 0 Å². The highest BCUT2D eigenvalue weighted by Crippen LogP contribution is 2.30. The van der Waals surface area contributed by atoms with Crippen LogP contribution in [0.4, 0.5) is 0 Å². The van der Waals surface area contributed by atoms with Gasteiger partial charge in [-0.25, -0.2) is 0 Å². The number of nitrogens with two attached hydrogens (primary N) is 1. The highest BCUT2D eigenvalue weighted by atomic mass is 16.5. The van der Waals surface area contributed by atoms with Crippen molar-refractivity contribution >= 4 is 5.78 Å². The smallest absolute Gasteiger partial charge is 0.183 e. The molecule has 88 valence electrons. The summed E-state index contributed by atoms with van der Waals surface area (Å²) in [4.78, 5) is 12.0. The Kier molecular flexibility index (Phi) is 3.90. The normalized spacial score (nSPS) is 12.1. The molecule has 16 heavy (non-hydrogen) atoms. The van der Waals surface area contributed by atoms with Gasteiger partial charge in [0.15, 0.2) is 5.78 Å². The van der Waals surface area contributed by atoms with Gasteiger partial charge in [-0.1, -0.05) is 0 Å². The molecule has 1 unspecified atom stereocenters. The van der Waals surface area contributed by atoms with Crippen LogP contribution in [-0.4, -0.2) is 26.0 Å². The Labute approximate surface area is 95.3 Å². The van der Waals surface area contributed by atoms with Crippen molar-refractivity contribution in [3.05, 3.63) is 23.3 Å². The van der Waals surface area contributed by atoms with Crippen LogP contribution in [0.1, 0.15) is 22.8 Å². The topological polar surface area (TPSA) is 61.5 Å². The first-order chi connectivity index (χ1) is 7.52. The Morgan fingerprint density at radius 3 is 2.19 bits per heavy atom. The molecule has 1 rings (SSSR count). The Bertz CT molecular complexity index is 399. The zero-order valence-electron chi connectivity index (χ0n) is 10.0. The lowest BCUT2D eigenvalue weighted by Gasteiger charge is -2.15. The fourth-order valence-corrected chi connectivity index (χ4v) is 1.59. The second kappa shape index (κ2) is 4.99. The van der Waals surface area contributed by atoms with E-state index >= 15 is 0 Å². The minimum absolute atomic E-state index is 0.145. The molecule has 4 heteroatoms. The molecule has 0 aliphatic carbocycles. The van der Waals surface area contributed by atoms with Gasteiger partial charge in [-0.3, -0.25) is 4.79 Å². The molecule has 4 nitrogen and oxygen atoms in total. The Morgan fingerprint density at radius 2 is 1.75 bits per heavy atom. The Morgan fingerprint density at radius 1 is 1.25 bits per heavy atom. The van der Waals surface area contributed by atoms with Crippen molar-refractivity contribution in [1.82, 2.24) is 0 Å². The number of rotatable bonds is 4. The summed E-state index contributed by atoms with van der Waals surface area (Å²) >= 11 is 0. The summed E-state index contributed by atoms with van der Waals surface area (Å²) in [7, 11) is 3.09. The fourth-order valence-electron chi connectivity index (χ4n) is 1.59. The number of methoxy groups -OCH3 is 2. The standard InChI is InChI=1S/C12H17NO3/c1-7-9(15-3)5-6-10(16-4)11(7)12(14)8(2)13/h5-6,8H,13H2,1-4H3. The zero-order chi connectivity index (χ0) is 12.3. The lowest BCUT2D eigenvalue weighted by atomic mass is 9.99. The third-order valence-corrected chi connectivity index (χ3v) is 2.48. The molecule has 0 amide bonds. The average Bonchev–Trinajstić information content (AvgIpc) is 2.27. The minimum Gasteiger partial charge on any atom is -0.496 e. The predicted molar refractivity (Wildman–Crippen MR) is 62.3 cm³/mol. The van der Waals surface area contributed by atoms with Crippen molar-refractivity contribution in [1.29, 1.82) is 0 Å². The van der Waals surface area contributed by atoms with Gasteiger partial charge in [-0.15, -0.1) is 0 Å². The summed E-state index contributed by atoms with van der Waals surface area (Å²) in [6.07, 6.45) is 0. The van der Waals surface area contributed by atoms with E-state index in [0.717, 1.165) is 5.56 Å². The molecule has 0 fully saturated rings. The summed E-state index contributed by atoms with van der Waals surface area (Å²) in [6.45, 7) is 3.47. The van der Waals surface area contributed by atoms with Crippen LogP contribution in [0, 0.1) is 6.92 Å². The maximum Gasteiger partial charge on any atom is 0.183 e. The van der Waals surface area contributed by atoms with Crippen LogP contribution in [0.25, 0.3) is 0 Å². The molecule has 0 radical (unpaired) electrons. The van der Waals surface area contributed by atoms with Crippen molar-refractivity contribution in [3.63, 3.8) is 0 Å². The maximum atomic E-state index is 12.0. The van der Waals surface area contributed by atoms with E-state index in [0.29, 0.717) is 17.1 Å². The largest absolute Gasteiger partial charge is 0.496 e. The van der Waals surface area contributed by atoms with Crippen LogP contribution >= 0.6 is 0 Å². The van der Waals surface area contributed by atoms with Gasteiger partial charge in [-0.05, 0) is 26.0 Å². The number of Topliss-reactive ketones (excluding diaryl/α,β-unsaturated/α-hetero) is 1. The van der Waals surface area contributed by atoms with E-state index in [-0.39, 0.29) is 5.78 Å². The van der Waals surface area contributed by atoms with Crippen LogP contribution < -0.4 is 15.2 Å². The van der Waals surface area contributed by atoms with Crippen LogP contribution in [0.3, 0.4) is 0 Å². The molecular formula is C12H17NO3. The van der Waals surface area contributed by atoms with E-state index in [1.165, 1.54) is 7.11 Å². The van der Waals surface area contributed by atoms with Crippen molar-refractivity contribution in [2.75, 3.05) is 14.2 Å². The number of ether oxygens (including phenoxy) is 2. The van der Waals surface area contributed by atoms with Gasteiger partial charge in [-0.2, -0.15) is 0 Å². The second-order valence-electron chi connectivity index (χ2n) is 3.62. The first-order valence-corrected chi connectivity index (χ1v) is 5.04. The molecule has 1 aromatic carbocycles. The number of ketones is 1. The molecule has 2 N–H and O–H groups in total. The molecule has 0 aromatic heterocycles.